The van der Waals surface area contributed by atoms with Crippen molar-refractivity contribution < 1.29 is 9.53 Å². The van der Waals surface area contributed by atoms with Crippen LogP contribution in [0.15, 0.2) is 30.5 Å². The highest BCUT2D eigenvalue weighted by Gasteiger charge is 2.16. The summed E-state index contributed by atoms with van der Waals surface area (Å²) in [6.45, 7) is 4.81. The fourth-order valence-electron chi connectivity index (χ4n) is 2.25. The number of nitrogens with zero attached hydrogens (tertiary/aromatic N) is 3. The van der Waals surface area contributed by atoms with Gasteiger partial charge in [-0.05, 0) is 26.0 Å². The maximum Gasteiger partial charge on any atom is 0.358 e. The maximum absolute atomic E-state index is 11.9. The molecule has 0 amide bonds. The molecular weight excluding hydrogens is 268 g/mol. The second-order valence-electron chi connectivity index (χ2n) is 4.52. The Bertz CT molecular complexity index is 810. The summed E-state index contributed by atoms with van der Waals surface area (Å²) >= 11 is 0. The van der Waals surface area contributed by atoms with E-state index < -0.39 is 5.97 Å². The second kappa shape index (κ2) is 5.40. The number of hydrogen-bond donors (Lipinski definition) is 1. The lowest BCUT2D eigenvalue weighted by Gasteiger charge is -2.07. The molecule has 0 fully saturated rings. The Labute approximate surface area is 121 Å². The number of benzene rings is 1. The third-order valence-corrected chi connectivity index (χ3v) is 3.12. The van der Waals surface area contributed by atoms with E-state index in [0.717, 1.165) is 17.6 Å². The Morgan fingerprint density at radius 2 is 2.10 bits per heavy atom. The number of para-hydroxylation sites is 2. The highest BCUT2D eigenvalue weighted by molar-refractivity contribution is 5.91. The molecule has 0 radical (unpaired) electrons. The Morgan fingerprint density at radius 3 is 2.86 bits per heavy atom. The highest BCUT2D eigenvalue weighted by atomic mass is 16.5. The van der Waals surface area contributed by atoms with Crippen LogP contribution in [0.2, 0.25) is 0 Å². The first-order valence-electron chi connectivity index (χ1n) is 6.93. The van der Waals surface area contributed by atoms with E-state index in [1.807, 2.05) is 35.6 Å². The zero-order valence-electron chi connectivity index (χ0n) is 12.0. The predicted octanol–water partition coefficient (Wildman–Crippen LogP) is 2.49. The third kappa shape index (κ3) is 2.29. The first-order valence-corrected chi connectivity index (χ1v) is 6.93. The standard InChI is InChI=1S/C15H16N4O2/c1-3-16-13-14-18-11(15(20)21-4-2)9-19(14)12-8-6-5-7-10(12)17-13/h5-9H,3-4H2,1-2H3,(H,16,17). The zero-order chi connectivity index (χ0) is 14.8. The number of nitrogens with one attached hydrogen (secondary N) is 1. The van der Waals surface area contributed by atoms with Crippen LogP contribution in [-0.4, -0.2) is 33.5 Å². The van der Waals surface area contributed by atoms with Gasteiger partial charge in [-0.25, -0.2) is 14.8 Å². The summed E-state index contributed by atoms with van der Waals surface area (Å²) in [7, 11) is 0. The molecule has 0 atom stereocenters. The number of aromatic nitrogens is 3. The minimum absolute atomic E-state index is 0.286. The largest absolute Gasteiger partial charge is 0.461 e. The molecule has 0 saturated carbocycles. The number of rotatable bonds is 4. The molecule has 3 aromatic rings. The molecular formula is C15H16N4O2. The number of hydrogen-bond acceptors (Lipinski definition) is 5. The van der Waals surface area contributed by atoms with E-state index in [9.17, 15) is 4.79 Å². The Morgan fingerprint density at radius 1 is 1.29 bits per heavy atom. The lowest BCUT2D eigenvalue weighted by molar-refractivity contribution is 0.0520. The molecule has 0 aliphatic rings. The van der Waals surface area contributed by atoms with Gasteiger partial charge in [-0.2, -0.15) is 0 Å². The number of ether oxygens (including phenoxy) is 1. The molecule has 1 aromatic carbocycles. The summed E-state index contributed by atoms with van der Waals surface area (Å²) in [6, 6.07) is 7.74. The first-order chi connectivity index (χ1) is 10.2. The smallest absolute Gasteiger partial charge is 0.358 e. The normalized spacial score (nSPS) is 11.0. The van der Waals surface area contributed by atoms with Gasteiger partial charge < -0.3 is 10.1 Å². The summed E-state index contributed by atoms with van der Waals surface area (Å²) in [4.78, 5) is 20.8. The van der Waals surface area contributed by atoms with Gasteiger partial charge in [0.25, 0.3) is 0 Å². The van der Waals surface area contributed by atoms with Crippen LogP contribution in [0, 0.1) is 0 Å². The Hall–Kier alpha value is -2.63. The molecule has 2 aromatic heterocycles. The van der Waals surface area contributed by atoms with Crippen molar-refractivity contribution in [3.63, 3.8) is 0 Å². The van der Waals surface area contributed by atoms with Crippen molar-refractivity contribution in [3.05, 3.63) is 36.2 Å². The molecule has 6 nitrogen and oxygen atoms in total. The lowest BCUT2D eigenvalue weighted by atomic mass is 10.3. The summed E-state index contributed by atoms with van der Waals surface area (Å²) in [6.07, 6.45) is 1.69. The van der Waals surface area contributed by atoms with Crippen LogP contribution >= 0.6 is 0 Å². The van der Waals surface area contributed by atoms with E-state index in [-0.39, 0.29) is 5.69 Å². The summed E-state index contributed by atoms with van der Waals surface area (Å²) < 4.78 is 6.88. The molecule has 1 N–H and O–H groups in total. The van der Waals surface area contributed by atoms with Crippen molar-refractivity contribution in [2.75, 3.05) is 18.5 Å². The van der Waals surface area contributed by atoms with Crippen LogP contribution in [0.3, 0.4) is 0 Å². The quantitative estimate of drug-likeness (QED) is 0.745. The number of fused-ring (bicyclic) bond motifs is 3. The molecule has 6 heteroatoms. The second-order valence-corrected chi connectivity index (χ2v) is 4.52. The average Bonchev–Trinajstić information content (AvgIpc) is 2.94. The molecule has 108 valence electrons. The first kappa shape index (κ1) is 13.4. The van der Waals surface area contributed by atoms with Crippen LogP contribution in [0.1, 0.15) is 24.3 Å². The predicted molar refractivity (Wildman–Crippen MR) is 80.6 cm³/mol. The summed E-state index contributed by atoms with van der Waals surface area (Å²) in [5.41, 5.74) is 2.65. The fourth-order valence-corrected chi connectivity index (χ4v) is 2.25. The molecule has 0 aliphatic heterocycles. The van der Waals surface area contributed by atoms with E-state index in [4.69, 9.17) is 4.74 Å². The molecule has 21 heavy (non-hydrogen) atoms. The van der Waals surface area contributed by atoms with Gasteiger partial charge in [-0.3, -0.25) is 4.40 Å². The van der Waals surface area contributed by atoms with Crippen LogP contribution in [0.4, 0.5) is 5.82 Å². The summed E-state index contributed by atoms with van der Waals surface area (Å²) in [5, 5.41) is 3.18. The molecule has 0 bridgehead atoms. The van der Waals surface area contributed by atoms with Gasteiger partial charge in [0.15, 0.2) is 17.2 Å². The Balaban J connectivity index is 2.27. The molecule has 2 heterocycles. The number of carbonyl (C=O) groups is 1. The van der Waals surface area contributed by atoms with Crippen molar-refractivity contribution in [3.8, 4) is 0 Å². The van der Waals surface area contributed by atoms with Crippen LogP contribution in [-0.2, 0) is 4.74 Å². The van der Waals surface area contributed by atoms with E-state index >= 15 is 0 Å². The van der Waals surface area contributed by atoms with Gasteiger partial charge in [-0.1, -0.05) is 12.1 Å². The monoisotopic (exact) mass is 284 g/mol. The third-order valence-electron chi connectivity index (χ3n) is 3.12. The fraction of sp³-hybridized carbons (Fsp3) is 0.267. The highest BCUT2D eigenvalue weighted by Crippen LogP contribution is 2.21. The molecule has 3 rings (SSSR count). The summed E-state index contributed by atoms with van der Waals surface area (Å²) in [5.74, 6) is 0.236. The van der Waals surface area contributed by atoms with E-state index in [0.29, 0.717) is 18.1 Å². The van der Waals surface area contributed by atoms with Crippen molar-refractivity contribution in [1.82, 2.24) is 14.4 Å². The van der Waals surface area contributed by atoms with E-state index in [1.165, 1.54) is 0 Å². The van der Waals surface area contributed by atoms with E-state index in [1.54, 1.807) is 13.1 Å². The van der Waals surface area contributed by atoms with Gasteiger partial charge in [0, 0.05) is 12.7 Å². The Kier molecular flexibility index (Phi) is 3.43. The zero-order valence-corrected chi connectivity index (χ0v) is 12.0. The van der Waals surface area contributed by atoms with Crippen LogP contribution in [0.5, 0.6) is 0 Å². The van der Waals surface area contributed by atoms with Gasteiger partial charge >= 0.3 is 5.97 Å². The average molecular weight is 284 g/mol. The molecule has 0 spiro atoms. The molecule has 0 saturated heterocycles. The van der Waals surface area contributed by atoms with E-state index in [2.05, 4.69) is 15.3 Å². The number of carbonyl (C=O) groups excluding carboxylic acids is 1. The number of esters is 1. The van der Waals surface area contributed by atoms with Crippen molar-refractivity contribution >= 4 is 28.5 Å². The van der Waals surface area contributed by atoms with Crippen molar-refractivity contribution in [2.45, 2.75) is 13.8 Å². The van der Waals surface area contributed by atoms with Gasteiger partial charge in [-0.15, -0.1) is 0 Å². The molecule has 0 unspecified atom stereocenters. The van der Waals surface area contributed by atoms with Crippen molar-refractivity contribution in [2.24, 2.45) is 0 Å². The van der Waals surface area contributed by atoms with Crippen LogP contribution in [0.25, 0.3) is 16.7 Å². The molecule has 0 aliphatic carbocycles. The SMILES string of the molecule is CCNc1nc2ccccc2n2cc(C(=O)OCC)nc12. The minimum atomic E-state index is -0.423. The van der Waals surface area contributed by atoms with Crippen molar-refractivity contribution in [1.29, 1.82) is 0 Å². The maximum atomic E-state index is 11.9. The lowest BCUT2D eigenvalue weighted by Crippen LogP contribution is -2.05. The van der Waals surface area contributed by atoms with Gasteiger partial charge in [0.2, 0.25) is 0 Å². The number of anilines is 1. The van der Waals surface area contributed by atoms with Gasteiger partial charge in [0.05, 0.1) is 17.6 Å². The van der Waals surface area contributed by atoms with Gasteiger partial charge in [0.1, 0.15) is 0 Å². The topological polar surface area (TPSA) is 68.5 Å². The number of imidazole rings is 1. The minimum Gasteiger partial charge on any atom is -0.461 e. The van der Waals surface area contributed by atoms with Crippen LogP contribution < -0.4 is 5.32 Å².